The minimum absolute atomic E-state index is 0.0119. The number of amides is 2. The van der Waals surface area contributed by atoms with E-state index in [0.29, 0.717) is 0 Å². The van der Waals surface area contributed by atoms with Crippen LogP contribution in [0.25, 0.3) is 12.2 Å². The van der Waals surface area contributed by atoms with E-state index in [4.69, 9.17) is 10.2 Å². The van der Waals surface area contributed by atoms with E-state index >= 15 is 0 Å². The zero-order valence-corrected chi connectivity index (χ0v) is 34.8. The Bertz CT molecular complexity index is 2900. The summed E-state index contributed by atoms with van der Waals surface area (Å²) in [5.41, 5.74) is 3.70. The molecule has 0 bridgehead atoms. The fourth-order valence-electron chi connectivity index (χ4n) is 6.60. The standard InChI is InChI=1S/C41H32N6O17S2/c48-33(49)17-29(39(54)55)19-1-5-23(6-2-19)44-46-35-31(65(59,60)61)15-21-13-25(9-11-27(21)37(35)52)42-41(58)43-26-10-12-28-22(14-26)16-32(66(62,63)64)36(38(28)53)47-45-24-7-3-20(4-8-24)30(40(56)57)18-34(50)51/h1-16,29-30,44-45H,17-18H2,(H,48,49)(H,50,51)(H,54,55)(H,56,57)(H2,42,43,58)(H,59,60,61)(H,62,63,64). The molecule has 2 atom stereocenters. The van der Waals surface area contributed by atoms with E-state index in [1.165, 1.54) is 84.9 Å². The fraction of sp³-hybridized carbons (Fsp3) is 0.0976. The number of carboxylic acids is 4. The van der Waals surface area contributed by atoms with Crippen LogP contribution in [-0.2, 0) is 39.4 Å². The van der Waals surface area contributed by atoms with Crippen LogP contribution in [0.1, 0.15) is 67.6 Å². The van der Waals surface area contributed by atoms with Crippen LogP contribution in [0.4, 0.5) is 27.5 Å². The molecular weight excluding hydrogens is 913 g/mol. The Kier molecular flexibility index (Phi) is 13.4. The van der Waals surface area contributed by atoms with Crippen molar-refractivity contribution in [3.05, 3.63) is 128 Å². The van der Waals surface area contributed by atoms with Crippen LogP contribution in [0.5, 0.6) is 0 Å². The van der Waals surface area contributed by atoms with Gasteiger partial charge in [-0.3, -0.25) is 48.7 Å². The van der Waals surface area contributed by atoms with Crippen molar-refractivity contribution < 1.29 is 79.9 Å². The molecule has 25 heteroatoms. The average Bonchev–Trinajstić information content (AvgIpc) is 3.23. The van der Waals surface area contributed by atoms with E-state index < -0.39 is 108 Å². The molecule has 2 aliphatic rings. The Balaban J connectivity index is 1.17. The number of allylic oxidation sites excluding steroid dienone is 2. The molecule has 2 amide bonds. The van der Waals surface area contributed by atoms with E-state index in [1.54, 1.807) is 0 Å². The Morgan fingerprint density at radius 3 is 1.15 bits per heavy atom. The summed E-state index contributed by atoms with van der Waals surface area (Å²) < 4.78 is 69.7. The lowest BCUT2D eigenvalue weighted by molar-refractivity contribution is -0.145. The molecule has 0 saturated heterocycles. The lowest BCUT2D eigenvalue weighted by Gasteiger charge is -2.18. The van der Waals surface area contributed by atoms with Crippen LogP contribution in [0.2, 0.25) is 0 Å². The molecule has 0 heterocycles. The van der Waals surface area contributed by atoms with Gasteiger partial charge in [0.1, 0.15) is 9.81 Å². The van der Waals surface area contributed by atoms with Crippen molar-refractivity contribution in [1.29, 1.82) is 0 Å². The number of fused-ring (bicyclic) bond motifs is 2. The first kappa shape index (κ1) is 47.1. The lowest BCUT2D eigenvalue weighted by atomic mass is 9.94. The molecule has 4 aromatic rings. The van der Waals surface area contributed by atoms with Gasteiger partial charge in [-0.1, -0.05) is 24.3 Å². The van der Waals surface area contributed by atoms with Gasteiger partial charge in [0.2, 0.25) is 11.6 Å². The van der Waals surface area contributed by atoms with Gasteiger partial charge in [-0.2, -0.15) is 27.0 Å². The second-order valence-corrected chi connectivity index (χ2v) is 17.0. The maximum absolute atomic E-state index is 13.5. The topological polar surface area (TPSA) is 382 Å². The van der Waals surface area contributed by atoms with Crippen molar-refractivity contribution in [3.63, 3.8) is 0 Å². The smallest absolute Gasteiger partial charge is 0.323 e. The summed E-state index contributed by atoms with van der Waals surface area (Å²) >= 11 is 0. The molecule has 23 nitrogen and oxygen atoms in total. The van der Waals surface area contributed by atoms with Crippen molar-refractivity contribution in [2.75, 3.05) is 21.5 Å². The molecule has 2 unspecified atom stereocenters. The van der Waals surface area contributed by atoms with E-state index in [9.17, 15) is 69.7 Å². The number of carbonyl (C=O) groups is 7. The number of hydrogen-bond donors (Lipinski definition) is 10. The number of rotatable bonds is 16. The highest BCUT2D eigenvalue weighted by molar-refractivity contribution is 7.91. The van der Waals surface area contributed by atoms with Gasteiger partial charge in [0.25, 0.3) is 20.2 Å². The minimum atomic E-state index is -5.10. The molecule has 0 radical (unpaired) electrons. The molecule has 66 heavy (non-hydrogen) atoms. The van der Waals surface area contributed by atoms with Gasteiger partial charge >= 0.3 is 29.9 Å². The zero-order valence-electron chi connectivity index (χ0n) is 33.2. The molecule has 0 saturated carbocycles. The van der Waals surface area contributed by atoms with Crippen LogP contribution in [0.3, 0.4) is 0 Å². The predicted molar refractivity (Wildman–Crippen MR) is 233 cm³/mol. The van der Waals surface area contributed by atoms with Crippen LogP contribution in [-0.4, -0.2) is 99.3 Å². The second-order valence-electron chi connectivity index (χ2n) is 14.2. The predicted octanol–water partition coefficient (Wildman–Crippen LogP) is 4.40. The summed E-state index contributed by atoms with van der Waals surface area (Å²) in [7, 11) is -10.2. The molecule has 4 aromatic carbocycles. The molecule has 2 aliphatic carbocycles. The number of hydrogen-bond acceptors (Lipinski definition) is 15. The molecule has 340 valence electrons. The fourth-order valence-corrected chi connectivity index (χ4v) is 7.91. The van der Waals surface area contributed by atoms with Crippen molar-refractivity contribution in [2.45, 2.75) is 24.7 Å². The number of urea groups is 1. The van der Waals surface area contributed by atoms with Crippen molar-refractivity contribution in [2.24, 2.45) is 10.2 Å². The van der Waals surface area contributed by atoms with Gasteiger partial charge < -0.3 is 31.1 Å². The van der Waals surface area contributed by atoms with E-state index in [-0.39, 0.29) is 56.1 Å². The molecule has 0 aliphatic heterocycles. The minimum Gasteiger partial charge on any atom is -0.481 e. The number of benzene rings is 4. The average molecular weight is 945 g/mol. The Morgan fingerprint density at radius 2 is 0.848 bits per heavy atom. The third kappa shape index (κ3) is 10.9. The Hall–Kier alpha value is -8.39. The number of aliphatic carboxylic acids is 4. The van der Waals surface area contributed by atoms with E-state index in [0.717, 1.165) is 12.2 Å². The number of nitrogens with one attached hydrogen (secondary N) is 4. The number of carbonyl (C=O) groups excluding carboxylic acids is 3. The van der Waals surface area contributed by atoms with Gasteiger partial charge in [-0.15, -0.1) is 0 Å². The first-order valence-corrected chi connectivity index (χ1v) is 21.5. The third-order valence-corrected chi connectivity index (χ3v) is 11.4. The highest BCUT2D eigenvalue weighted by atomic mass is 32.2. The Labute approximate surface area is 371 Å². The highest BCUT2D eigenvalue weighted by Gasteiger charge is 2.35. The summed E-state index contributed by atoms with van der Waals surface area (Å²) in [6.45, 7) is 0. The molecule has 0 fully saturated rings. The van der Waals surface area contributed by atoms with Gasteiger partial charge in [-0.05, 0) is 95.1 Å². The maximum Gasteiger partial charge on any atom is 0.323 e. The molecular formula is C41H32N6O17S2. The first-order chi connectivity index (χ1) is 31.0. The second kappa shape index (κ2) is 18.8. The van der Waals surface area contributed by atoms with Gasteiger partial charge in [0.05, 0.1) is 36.1 Å². The Morgan fingerprint density at radius 1 is 0.515 bits per heavy atom. The van der Waals surface area contributed by atoms with Crippen LogP contribution >= 0.6 is 0 Å². The van der Waals surface area contributed by atoms with Crippen molar-refractivity contribution in [1.82, 2.24) is 0 Å². The third-order valence-electron chi connectivity index (χ3n) is 9.71. The monoisotopic (exact) mass is 944 g/mol. The number of nitrogens with zero attached hydrogens (tertiary/aromatic N) is 2. The molecule has 0 spiro atoms. The van der Waals surface area contributed by atoms with E-state index in [2.05, 4.69) is 31.7 Å². The number of ketones is 2. The molecule has 6 rings (SSSR count). The van der Waals surface area contributed by atoms with Crippen LogP contribution in [0, 0.1) is 0 Å². The number of anilines is 4. The first-order valence-electron chi connectivity index (χ1n) is 18.6. The zero-order chi connectivity index (χ0) is 48.2. The summed E-state index contributed by atoms with van der Waals surface area (Å²) in [6.07, 6.45) is 0.461. The van der Waals surface area contributed by atoms with Crippen molar-refractivity contribution >= 4 is 108 Å². The lowest BCUT2D eigenvalue weighted by Crippen LogP contribution is -2.27. The largest absolute Gasteiger partial charge is 0.481 e. The van der Waals surface area contributed by atoms with Gasteiger partial charge in [-0.25, -0.2) is 4.79 Å². The van der Waals surface area contributed by atoms with Crippen LogP contribution < -0.4 is 21.5 Å². The number of Topliss-reactive ketones (excluding diaryl/α,β-unsaturated/α-hetero) is 2. The van der Waals surface area contributed by atoms with Gasteiger partial charge in [0, 0.05) is 22.5 Å². The molecule has 10 N–H and O–H groups in total. The number of carboxylic acid groups (broad SMARTS) is 4. The normalized spacial score (nSPS) is 15.6. The van der Waals surface area contributed by atoms with Crippen molar-refractivity contribution in [3.8, 4) is 0 Å². The quantitative estimate of drug-likeness (QED) is 0.0549. The summed E-state index contributed by atoms with van der Waals surface area (Å²) in [4.78, 5) is 83.5. The van der Waals surface area contributed by atoms with Crippen LogP contribution in [0.15, 0.2) is 105 Å². The highest BCUT2D eigenvalue weighted by Crippen LogP contribution is 2.31. The summed E-state index contributed by atoms with van der Waals surface area (Å²) in [5, 5.41) is 49.5. The van der Waals surface area contributed by atoms with Gasteiger partial charge in [0.15, 0.2) is 11.4 Å². The maximum atomic E-state index is 13.5. The SMILES string of the molecule is O=C(O)CC(C(=O)O)c1ccc(NN=C2C(=O)c3ccc(NC(=O)Nc4ccc5c(c4)C=C(S(=O)(=O)O)C(=NNc4ccc(C(CC(=O)O)C(=O)O)cc4)C5=O)cc3C=C2S(=O)(=O)O)cc1. The van der Waals surface area contributed by atoms with E-state index in [1.807, 2.05) is 0 Å². The molecule has 0 aromatic heterocycles. The summed E-state index contributed by atoms with van der Waals surface area (Å²) in [6, 6.07) is 16.9. The summed E-state index contributed by atoms with van der Waals surface area (Å²) in [5.74, 6) is -10.1. The number of hydrazone groups is 2.